The van der Waals surface area contributed by atoms with Crippen LogP contribution in [0.15, 0.2) is 0 Å². The Morgan fingerprint density at radius 2 is 2.38 bits per heavy atom. The molecule has 0 radical (unpaired) electrons. The van der Waals surface area contributed by atoms with Crippen LogP contribution in [0.5, 0.6) is 0 Å². The van der Waals surface area contributed by atoms with E-state index in [1.165, 1.54) is 23.9 Å². The van der Waals surface area contributed by atoms with Gasteiger partial charge in [0.2, 0.25) is 0 Å². The van der Waals surface area contributed by atoms with E-state index in [0.717, 1.165) is 17.6 Å². The number of aromatic nitrogens is 2. The van der Waals surface area contributed by atoms with Crippen LogP contribution >= 0.6 is 35.1 Å². The van der Waals surface area contributed by atoms with Crippen LogP contribution in [0.25, 0.3) is 0 Å². The molecular weight excluding hydrogens is 226 g/mol. The zero-order valence-corrected chi connectivity index (χ0v) is 9.20. The number of halogens is 1. The van der Waals surface area contributed by atoms with Crippen LogP contribution in [-0.4, -0.2) is 32.3 Å². The number of anilines is 1. The topological polar surface area (TPSA) is 29.0 Å². The zero-order valence-electron chi connectivity index (χ0n) is 6.81. The number of hydrogen-bond donors (Lipinski definition) is 0. The summed E-state index contributed by atoms with van der Waals surface area (Å²) >= 11 is 9.21. The summed E-state index contributed by atoms with van der Waals surface area (Å²) in [6.45, 7) is 1.10. The van der Waals surface area contributed by atoms with Crippen LogP contribution in [0.3, 0.4) is 0 Å². The highest BCUT2D eigenvalue weighted by atomic mass is 35.5. The quantitative estimate of drug-likeness (QED) is 0.741. The van der Waals surface area contributed by atoms with Gasteiger partial charge in [-0.1, -0.05) is 11.6 Å². The number of rotatable bonds is 1. The van der Waals surface area contributed by atoms with Gasteiger partial charge in [-0.15, -0.1) is 0 Å². The molecule has 1 aromatic heterocycles. The normalized spacial score (nSPS) is 31.6. The lowest BCUT2D eigenvalue weighted by Gasteiger charge is -2.26. The van der Waals surface area contributed by atoms with Crippen molar-refractivity contribution in [1.29, 1.82) is 0 Å². The van der Waals surface area contributed by atoms with Crippen LogP contribution in [0.1, 0.15) is 6.42 Å². The molecule has 0 spiro atoms. The third-order valence-electron chi connectivity index (χ3n) is 2.61. The van der Waals surface area contributed by atoms with Crippen molar-refractivity contribution in [1.82, 2.24) is 8.75 Å². The van der Waals surface area contributed by atoms with Gasteiger partial charge in [-0.25, -0.2) is 0 Å². The highest BCUT2D eigenvalue weighted by Gasteiger charge is 2.40. The minimum atomic E-state index is 0.572. The average Bonchev–Trinajstić information content (AvgIpc) is 2.77. The van der Waals surface area contributed by atoms with Gasteiger partial charge in [0.15, 0.2) is 11.0 Å². The standard InChI is InChI=1S/C7H8ClN3S2/c8-6-7(10-13-9-6)11-2-5-1-4(11)3-12-5/h4-5H,1-3H2. The van der Waals surface area contributed by atoms with Crippen molar-refractivity contribution in [2.75, 3.05) is 17.2 Å². The Balaban J connectivity index is 1.91. The molecule has 2 aliphatic rings. The fourth-order valence-electron chi connectivity index (χ4n) is 2.00. The summed E-state index contributed by atoms with van der Waals surface area (Å²) in [6.07, 6.45) is 1.29. The van der Waals surface area contributed by atoms with Crippen molar-refractivity contribution >= 4 is 40.9 Å². The molecule has 0 amide bonds. The molecule has 3 nitrogen and oxygen atoms in total. The first-order valence-electron chi connectivity index (χ1n) is 4.21. The smallest absolute Gasteiger partial charge is 0.187 e. The minimum absolute atomic E-state index is 0.572. The Labute approximate surface area is 89.8 Å². The van der Waals surface area contributed by atoms with Crippen molar-refractivity contribution in [2.45, 2.75) is 17.7 Å². The fourth-order valence-corrected chi connectivity index (χ4v) is 4.19. The fraction of sp³-hybridized carbons (Fsp3) is 0.714. The maximum Gasteiger partial charge on any atom is 0.187 e. The summed E-state index contributed by atoms with van der Waals surface area (Å²) in [5.41, 5.74) is 0. The van der Waals surface area contributed by atoms with Crippen molar-refractivity contribution in [3.05, 3.63) is 5.15 Å². The maximum atomic E-state index is 5.95. The first kappa shape index (κ1) is 8.32. The van der Waals surface area contributed by atoms with Crippen molar-refractivity contribution in [2.24, 2.45) is 0 Å². The third kappa shape index (κ3) is 1.25. The van der Waals surface area contributed by atoms with Crippen LogP contribution in [0, 0.1) is 0 Å². The molecule has 0 aromatic carbocycles. The van der Waals surface area contributed by atoms with Gasteiger partial charge in [-0.2, -0.15) is 20.5 Å². The Bertz CT molecular complexity index is 329. The van der Waals surface area contributed by atoms with E-state index in [0.29, 0.717) is 11.2 Å². The molecule has 2 atom stereocenters. The summed E-state index contributed by atoms with van der Waals surface area (Å²) in [6, 6.07) is 0.649. The Morgan fingerprint density at radius 3 is 2.92 bits per heavy atom. The summed E-state index contributed by atoms with van der Waals surface area (Å²) in [5, 5.41) is 1.37. The molecule has 2 aliphatic heterocycles. The van der Waals surface area contributed by atoms with Gasteiger partial charge in [-0.3, -0.25) is 0 Å². The first-order valence-corrected chi connectivity index (χ1v) is 6.36. The van der Waals surface area contributed by atoms with E-state index in [-0.39, 0.29) is 0 Å². The average molecular weight is 234 g/mol. The van der Waals surface area contributed by atoms with Crippen LogP contribution < -0.4 is 4.90 Å². The predicted molar refractivity (Wildman–Crippen MR) is 56.9 cm³/mol. The molecule has 0 N–H and O–H groups in total. The number of fused-ring (bicyclic) bond motifs is 2. The lowest BCUT2D eigenvalue weighted by atomic mass is 10.2. The second-order valence-electron chi connectivity index (χ2n) is 3.38. The highest BCUT2D eigenvalue weighted by Crippen LogP contribution is 2.41. The molecule has 0 aliphatic carbocycles. The molecule has 0 saturated carbocycles. The first-order chi connectivity index (χ1) is 6.34. The summed E-state index contributed by atoms with van der Waals surface area (Å²) < 4.78 is 8.22. The molecule has 6 heteroatoms. The number of hydrogen-bond acceptors (Lipinski definition) is 5. The van der Waals surface area contributed by atoms with E-state index in [1.807, 2.05) is 0 Å². The molecule has 2 fully saturated rings. The molecule has 3 heterocycles. The van der Waals surface area contributed by atoms with E-state index in [9.17, 15) is 0 Å². The SMILES string of the molecule is Clc1nsnc1N1CC2CC1CS2. The lowest BCUT2D eigenvalue weighted by molar-refractivity contribution is 0.756. The minimum Gasteiger partial charge on any atom is -0.348 e. The van der Waals surface area contributed by atoms with Crippen LogP contribution in [0.4, 0.5) is 5.82 Å². The number of nitrogens with zero attached hydrogens (tertiary/aromatic N) is 3. The Hall–Kier alpha value is -0.000000000000000111. The van der Waals surface area contributed by atoms with Crippen molar-refractivity contribution < 1.29 is 0 Å². The maximum absolute atomic E-state index is 5.95. The second kappa shape index (κ2) is 3.00. The van der Waals surface area contributed by atoms with Crippen LogP contribution in [-0.2, 0) is 0 Å². The van der Waals surface area contributed by atoms with E-state index >= 15 is 0 Å². The van der Waals surface area contributed by atoms with Gasteiger partial charge >= 0.3 is 0 Å². The molecule has 70 valence electrons. The van der Waals surface area contributed by atoms with Gasteiger partial charge in [-0.05, 0) is 6.42 Å². The summed E-state index contributed by atoms with van der Waals surface area (Å²) in [4.78, 5) is 2.31. The number of thioether (sulfide) groups is 1. The van der Waals surface area contributed by atoms with Gasteiger partial charge in [0, 0.05) is 23.6 Å². The lowest BCUT2D eigenvalue weighted by Crippen LogP contribution is -2.34. The molecule has 1 aromatic rings. The third-order valence-corrected chi connectivity index (χ3v) is 4.87. The van der Waals surface area contributed by atoms with E-state index in [4.69, 9.17) is 11.6 Å². The van der Waals surface area contributed by atoms with Crippen molar-refractivity contribution in [3.8, 4) is 0 Å². The Kier molecular flexibility index (Phi) is 1.92. The molecular formula is C7H8ClN3S2. The zero-order chi connectivity index (χ0) is 8.84. The molecule has 2 unspecified atom stereocenters. The monoisotopic (exact) mass is 233 g/mol. The van der Waals surface area contributed by atoms with Gasteiger partial charge < -0.3 is 4.90 Å². The van der Waals surface area contributed by atoms with Crippen LogP contribution in [0.2, 0.25) is 5.15 Å². The van der Waals surface area contributed by atoms with Gasteiger partial charge in [0.25, 0.3) is 0 Å². The summed E-state index contributed by atoms with van der Waals surface area (Å²) in [7, 11) is 0. The largest absolute Gasteiger partial charge is 0.348 e. The Morgan fingerprint density at radius 1 is 1.46 bits per heavy atom. The second-order valence-corrected chi connectivity index (χ2v) is 5.60. The molecule has 2 saturated heterocycles. The molecule has 13 heavy (non-hydrogen) atoms. The molecule has 3 rings (SSSR count). The van der Waals surface area contributed by atoms with Gasteiger partial charge in [0.05, 0.1) is 11.7 Å². The van der Waals surface area contributed by atoms with Gasteiger partial charge in [0.1, 0.15) is 0 Å². The highest BCUT2D eigenvalue weighted by molar-refractivity contribution is 8.00. The molecule has 2 bridgehead atoms. The van der Waals surface area contributed by atoms with E-state index in [1.54, 1.807) is 0 Å². The van der Waals surface area contributed by atoms with E-state index in [2.05, 4.69) is 25.4 Å². The predicted octanol–water partition coefficient (Wildman–Crippen LogP) is 1.89. The summed E-state index contributed by atoms with van der Waals surface area (Å²) in [5.74, 6) is 2.12. The van der Waals surface area contributed by atoms with Crippen molar-refractivity contribution in [3.63, 3.8) is 0 Å². The van der Waals surface area contributed by atoms with E-state index < -0.39 is 0 Å².